The molecule has 3 N–H and O–H groups in total. The van der Waals surface area contributed by atoms with Crippen LogP contribution in [0.3, 0.4) is 0 Å². The average molecular weight is 226 g/mol. The van der Waals surface area contributed by atoms with Crippen molar-refractivity contribution in [1.29, 1.82) is 0 Å². The number of nitrogens with zero attached hydrogens (tertiary/aromatic N) is 2. The van der Waals surface area contributed by atoms with E-state index in [0.717, 1.165) is 11.0 Å². The molecule has 3 aromatic rings. The molecule has 0 unspecified atom stereocenters. The monoisotopic (exact) mass is 226 g/mol. The molecule has 0 amide bonds. The lowest BCUT2D eigenvalue weighted by atomic mass is 10.3. The fourth-order valence-corrected chi connectivity index (χ4v) is 1.68. The van der Waals surface area contributed by atoms with Crippen LogP contribution in [0.15, 0.2) is 42.9 Å². The average Bonchev–Trinajstić information content (AvgIpc) is 2.81. The van der Waals surface area contributed by atoms with Gasteiger partial charge in [-0.2, -0.15) is 0 Å². The molecule has 0 aliphatic rings. The van der Waals surface area contributed by atoms with Crippen LogP contribution in [0.4, 0.5) is 11.5 Å². The first-order chi connectivity index (χ1) is 8.34. The highest BCUT2D eigenvalue weighted by Gasteiger charge is 2.06. The van der Waals surface area contributed by atoms with Crippen molar-refractivity contribution in [2.75, 3.05) is 5.32 Å². The third-order valence-corrected chi connectivity index (χ3v) is 2.51. The number of anilines is 2. The zero-order chi connectivity index (χ0) is 11.7. The summed E-state index contributed by atoms with van der Waals surface area (Å²) in [5, 5.41) is 13.6. The van der Waals surface area contributed by atoms with E-state index in [-0.39, 0.29) is 5.75 Å². The molecule has 0 bridgehead atoms. The molecular formula is C12H10N4O. The minimum atomic E-state index is 0.190. The Kier molecular flexibility index (Phi) is 2.15. The van der Waals surface area contributed by atoms with Crippen molar-refractivity contribution < 1.29 is 5.11 Å². The van der Waals surface area contributed by atoms with Crippen LogP contribution >= 0.6 is 0 Å². The van der Waals surface area contributed by atoms with E-state index in [0.29, 0.717) is 11.5 Å². The van der Waals surface area contributed by atoms with E-state index >= 15 is 0 Å². The molecule has 0 atom stereocenters. The molecule has 0 aliphatic carbocycles. The van der Waals surface area contributed by atoms with Crippen LogP contribution in [0.1, 0.15) is 0 Å². The normalized spacial score (nSPS) is 10.6. The summed E-state index contributed by atoms with van der Waals surface area (Å²) in [4.78, 5) is 11.3. The molecule has 0 fully saturated rings. The van der Waals surface area contributed by atoms with E-state index < -0.39 is 0 Å². The Balaban J connectivity index is 2.06. The molecule has 1 aromatic carbocycles. The number of nitrogens with one attached hydrogen (secondary N) is 2. The molecule has 0 aliphatic heterocycles. The Labute approximate surface area is 97.2 Å². The van der Waals surface area contributed by atoms with Gasteiger partial charge in [-0.15, -0.1) is 0 Å². The predicted octanol–water partition coefficient (Wildman–Crippen LogP) is 2.41. The first-order valence-corrected chi connectivity index (χ1v) is 5.18. The smallest absolute Gasteiger partial charge is 0.143 e. The van der Waals surface area contributed by atoms with Crippen LogP contribution in [0.5, 0.6) is 5.75 Å². The van der Waals surface area contributed by atoms with Crippen LogP contribution < -0.4 is 5.32 Å². The van der Waals surface area contributed by atoms with Gasteiger partial charge in [0.2, 0.25) is 0 Å². The Morgan fingerprint density at radius 1 is 1.12 bits per heavy atom. The number of para-hydroxylation sites is 2. The van der Waals surface area contributed by atoms with Crippen LogP contribution in [-0.4, -0.2) is 20.1 Å². The third kappa shape index (κ3) is 1.67. The Hall–Kier alpha value is -2.56. The van der Waals surface area contributed by atoms with Crippen molar-refractivity contribution in [3.05, 3.63) is 42.9 Å². The summed E-state index contributed by atoms with van der Waals surface area (Å²) in [6, 6.07) is 8.91. The van der Waals surface area contributed by atoms with Gasteiger partial charge in [0.05, 0.1) is 11.1 Å². The second kappa shape index (κ2) is 3.79. The molecule has 0 spiro atoms. The van der Waals surface area contributed by atoms with E-state index in [1.54, 1.807) is 24.4 Å². The summed E-state index contributed by atoms with van der Waals surface area (Å²) in [6.45, 7) is 0. The molecule has 3 rings (SSSR count). The number of hydrogen-bond acceptors (Lipinski definition) is 4. The first kappa shape index (κ1) is 9.65. The molecule has 17 heavy (non-hydrogen) atoms. The number of phenolic OH excluding ortho intramolecular Hbond substituents is 1. The van der Waals surface area contributed by atoms with Crippen LogP contribution in [0.2, 0.25) is 0 Å². The standard InChI is InChI=1S/C12H10N4O/c17-10-4-2-1-3-9(10)16-12-8-5-6-13-11(8)14-7-15-12/h1-7,17H,(H2,13,14,15,16). The van der Waals surface area contributed by atoms with Gasteiger partial charge >= 0.3 is 0 Å². The van der Waals surface area contributed by atoms with E-state index in [4.69, 9.17) is 0 Å². The molecule has 5 heteroatoms. The lowest BCUT2D eigenvalue weighted by Crippen LogP contribution is -1.95. The van der Waals surface area contributed by atoms with Gasteiger partial charge in [-0.25, -0.2) is 9.97 Å². The fraction of sp³-hybridized carbons (Fsp3) is 0. The van der Waals surface area contributed by atoms with Crippen molar-refractivity contribution in [2.24, 2.45) is 0 Å². The van der Waals surface area contributed by atoms with Crippen molar-refractivity contribution in [3.8, 4) is 5.75 Å². The largest absolute Gasteiger partial charge is 0.506 e. The van der Waals surface area contributed by atoms with Crippen molar-refractivity contribution in [2.45, 2.75) is 0 Å². The number of rotatable bonds is 2. The summed E-state index contributed by atoms with van der Waals surface area (Å²) in [5.74, 6) is 0.854. The maximum atomic E-state index is 9.68. The van der Waals surface area contributed by atoms with Gasteiger partial charge in [-0.1, -0.05) is 12.1 Å². The van der Waals surface area contributed by atoms with Crippen molar-refractivity contribution >= 4 is 22.5 Å². The summed E-state index contributed by atoms with van der Waals surface area (Å²) in [6.07, 6.45) is 3.27. The van der Waals surface area contributed by atoms with Crippen LogP contribution in [0.25, 0.3) is 11.0 Å². The zero-order valence-corrected chi connectivity index (χ0v) is 8.88. The van der Waals surface area contributed by atoms with E-state index in [1.165, 1.54) is 6.33 Å². The van der Waals surface area contributed by atoms with Crippen LogP contribution in [-0.2, 0) is 0 Å². The van der Waals surface area contributed by atoms with Gasteiger partial charge in [-0.05, 0) is 18.2 Å². The zero-order valence-electron chi connectivity index (χ0n) is 8.88. The maximum Gasteiger partial charge on any atom is 0.143 e. The molecule has 5 nitrogen and oxygen atoms in total. The van der Waals surface area contributed by atoms with Gasteiger partial charge in [0.15, 0.2) is 0 Å². The van der Waals surface area contributed by atoms with Crippen LogP contribution in [0, 0.1) is 0 Å². The summed E-state index contributed by atoms with van der Waals surface area (Å²) < 4.78 is 0. The highest BCUT2D eigenvalue weighted by Crippen LogP contribution is 2.27. The quantitative estimate of drug-likeness (QED) is 0.586. The summed E-state index contributed by atoms with van der Waals surface area (Å²) >= 11 is 0. The Bertz CT molecular complexity index is 662. The lowest BCUT2D eigenvalue weighted by Gasteiger charge is -2.07. The molecule has 0 radical (unpaired) electrons. The lowest BCUT2D eigenvalue weighted by molar-refractivity contribution is 0.478. The van der Waals surface area contributed by atoms with Gasteiger partial charge in [-0.3, -0.25) is 0 Å². The van der Waals surface area contributed by atoms with Gasteiger partial charge in [0.25, 0.3) is 0 Å². The molecule has 2 aromatic heterocycles. The summed E-state index contributed by atoms with van der Waals surface area (Å²) in [5.41, 5.74) is 1.38. The maximum absolute atomic E-state index is 9.68. The number of fused-ring (bicyclic) bond motifs is 1. The number of benzene rings is 1. The molecule has 84 valence electrons. The minimum absolute atomic E-state index is 0.190. The minimum Gasteiger partial charge on any atom is -0.506 e. The second-order valence-electron chi connectivity index (χ2n) is 3.60. The predicted molar refractivity (Wildman–Crippen MR) is 65.3 cm³/mol. The van der Waals surface area contributed by atoms with E-state index in [1.807, 2.05) is 12.1 Å². The topological polar surface area (TPSA) is 73.8 Å². The SMILES string of the molecule is Oc1ccccc1Nc1ncnc2[nH]ccc12. The van der Waals surface area contributed by atoms with E-state index in [9.17, 15) is 5.11 Å². The molecule has 2 heterocycles. The number of aromatic hydroxyl groups is 1. The molecule has 0 saturated heterocycles. The number of H-pyrrole nitrogens is 1. The number of aromatic amines is 1. The van der Waals surface area contributed by atoms with Gasteiger partial charge in [0.1, 0.15) is 23.5 Å². The van der Waals surface area contributed by atoms with Gasteiger partial charge in [0, 0.05) is 6.20 Å². The summed E-state index contributed by atoms with van der Waals surface area (Å²) in [7, 11) is 0. The highest BCUT2D eigenvalue weighted by molar-refractivity contribution is 5.89. The Morgan fingerprint density at radius 3 is 2.88 bits per heavy atom. The molecule has 0 saturated carbocycles. The van der Waals surface area contributed by atoms with Gasteiger partial charge < -0.3 is 15.4 Å². The Morgan fingerprint density at radius 2 is 2.00 bits per heavy atom. The second-order valence-corrected chi connectivity index (χ2v) is 3.60. The number of aromatic nitrogens is 3. The fourth-order valence-electron chi connectivity index (χ4n) is 1.68. The third-order valence-electron chi connectivity index (χ3n) is 2.51. The highest BCUT2D eigenvalue weighted by atomic mass is 16.3. The molecular weight excluding hydrogens is 216 g/mol. The first-order valence-electron chi connectivity index (χ1n) is 5.18. The number of hydrogen-bond donors (Lipinski definition) is 3. The van der Waals surface area contributed by atoms with Crippen molar-refractivity contribution in [3.63, 3.8) is 0 Å². The van der Waals surface area contributed by atoms with E-state index in [2.05, 4.69) is 20.3 Å². The van der Waals surface area contributed by atoms with Crippen molar-refractivity contribution in [1.82, 2.24) is 15.0 Å². The number of phenols is 1.